The van der Waals surface area contributed by atoms with Crippen molar-refractivity contribution >= 4 is 21.9 Å². The highest BCUT2D eigenvalue weighted by Gasteiger charge is 2.17. The quantitative estimate of drug-likeness (QED) is 0.482. The first-order valence-corrected chi connectivity index (χ1v) is 11.5. The molecule has 2 rings (SSSR count). The average molecular weight is 422 g/mol. The zero-order chi connectivity index (χ0) is 21.3. The van der Waals surface area contributed by atoms with Gasteiger partial charge in [0.05, 0.1) is 4.90 Å². The Morgan fingerprint density at radius 1 is 1.14 bits per heavy atom. The van der Waals surface area contributed by atoms with Crippen molar-refractivity contribution in [1.29, 1.82) is 0 Å². The van der Waals surface area contributed by atoms with Crippen molar-refractivity contribution in [2.75, 3.05) is 12.3 Å². The minimum Gasteiger partial charge on any atom is -0.382 e. The molecule has 2 aromatic rings. The summed E-state index contributed by atoms with van der Waals surface area (Å²) in [7, 11) is -3.87. The average Bonchev–Trinajstić information content (AvgIpc) is 3.05. The summed E-state index contributed by atoms with van der Waals surface area (Å²) < 4.78 is 28.6. The molecule has 9 heteroatoms. The van der Waals surface area contributed by atoms with E-state index in [1.807, 2.05) is 17.8 Å². The van der Waals surface area contributed by atoms with Gasteiger partial charge in [-0.3, -0.25) is 0 Å². The monoisotopic (exact) mass is 421 g/mol. The van der Waals surface area contributed by atoms with Gasteiger partial charge in [0, 0.05) is 25.7 Å². The van der Waals surface area contributed by atoms with E-state index in [-0.39, 0.29) is 4.90 Å². The number of imidazole rings is 1. The van der Waals surface area contributed by atoms with Crippen molar-refractivity contribution in [1.82, 2.24) is 19.6 Å². The van der Waals surface area contributed by atoms with Crippen LogP contribution in [0.5, 0.6) is 0 Å². The first-order valence-electron chi connectivity index (χ1n) is 10.1. The van der Waals surface area contributed by atoms with Crippen LogP contribution in [0, 0.1) is 0 Å². The third kappa shape index (κ3) is 7.08. The number of urea groups is 1. The Labute approximate surface area is 173 Å². The molecule has 1 heterocycles. The summed E-state index contributed by atoms with van der Waals surface area (Å²) in [5, 5.41) is 2.59. The lowest BCUT2D eigenvalue weighted by molar-refractivity contribution is 0.245. The van der Waals surface area contributed by atoms with Gasteiger partial charge in [-0.1, -0.05) is 32.4 Å². The molecule has 1 aromatic carbocycles. The smallest absolute Gasteiger partial charge is 0.328 e. The molecule has 0 saturated heterocycles. The summed E-state index contributed by atoms with van der Waals surface area (Å²) >= 11 is 0. The highest BCUT2D eigenvalue weighted by atomic mass is 32.2. The number of hydrogen-bond donors (Lipinski definition) is 3. The number of nitrogens with one attached hydrogen (secondary N) is 2. The molecule has 0 atom stereocenters. The predicted molar refractivity (Wildman–Crippen MR) is 114 cm³/mol. The number of nitrogen functional groups attached to an aromatic ring is 1. The number of benzene rings is 1. The first-order chi connectivity index (χ1) is 13.9. The van der Waals surface area contributed by atoms with E-state index in [4.69, 9.17) is 5.73 Å². The second kappa shape index (κ2) is 10.8. The van der Waals surface area contributed by atoms with Crippen LogP contribution >= 0.6 is 0 Å². The Balaban J connectivity index is 1.74. The molecule has 0 radical (unpaired) electrons. The molecule has 8 nitrogen and oxygen atoms in total. The number of nitrogens with two attached hydrogens (primary N) is 1. The number of rotatable bonds is 11. The van der Waals surface area contributed by atoms with Gasteiger partial charge < -0.3 is 15.6 Å². The molecule has 4 N–H and O–H groups in total. The maximum atomic E-state index is 12.2. The molecule has 1 aromatic heterocycles. The minimum atomic E-state index is -3.87. The third-order valence-corrected chi connectivity index (χ3v) is 5.96. The predicted octanol–water partition coefficient (Wildman–Crippen LogP) is 2.84. The van der Waals surface area contributed by atoms with Gasteiger partial charge in [-0.15, -0.1) is 0 Å². The standard InChI is InChI=1S/C20H31N5O3S/c1-3-5-8-19-23-18(21)15-25(19)14-7-6-13-22-20(26)24-29(27,28)17-11-9-16(4-2)10-12-17/h9-12,15H,3-8,13-14,21H2,1-2H3,(H2,22,24,26). The SMILES string of the molecule is CCCCc1nc(N)cn1CCCCNC(=O)NS(=O)(=O)c1ccc(CC)cc1. The van der Waals surface area contributed by atoms with E-state index < -0.39 is 16.1 Å². The third-order valence-electron chi connectivity index (χ3n) is 4.61. The molecule has 0 aliphatic rings. The number of hydrogen-bond acceptors (Lipinski definition) is 5. The Kier molecular flexibility index (Phi) is 8.50. The summed E-state index contributed by atoms with van der Waals surface area (Å²) in [6.07, 6.45) is 7.24. The largest absolute Gasteiger partial charge is 0.382 e. The summed E-state index contributed by atoms with van der Waals surface area (Å²) in [5.74, 6) is 1.50. The number of carbonyl (C=O) groups excluding carboxylic acids is 1. The molecule has 0 unspecified atom stereocenters. The number of amides is 2. The van der Waals surface area contributed by atoms with Crippen molar-refractivity contribution in [3.63, 3.8) is 0 Å². The molecular formula is C20H31N5O3S. The lowest BCUT2D eigenvalue weighted by Gasteiger charge is -2.10. The van der Waals surface area contributed by atoms with Crippen molar-refractivity contribution in [2.24, 2.45) is 0 Å². The van der Waals surface area contributed by atoms with Gasteiger partial charge in [0.1, 0.15) is 11.6 Å². The Morgan fingerprint density at radius 2 is 1.86 bits per heavy atom. The number of nitrogens with zero attached hydrogens (tertiary/aromatic N) is 2. The van der Waals surface area contributed by atoms with Crippen LogP contribution in [-0.2, 0) is 29.4 Å². The van der Waals surface area contributed by atoms with Crippen LogP contribution in [0.3, 0.4) is 0 Å². The van der Waals surface area contributed by atoms with Gasteiger partial charge in [0.15, 0.2) is 0 Å². The van der Waals surface area contributed by atoms with Gasteiger partial charge in [-0.05, 0) is 43.4 Å². The van der Waals surface area contributed by atoms with Crippen LogP contribution in [0.2, 0.25) is 0 Å². The lowest BCUT2D eigenvalue weighted by Crippen LogP contribution is -2.39. The Hall–Kier alpha value is -2.55. The van der Waals surface area contributed by atoms with Crippen molar-refractivity contribution in [3.05, 3.63) is 41.9 Å². The van der Waals surface area contributed by atoms with Crippen molar-refractivity contribution in [3.8, 4) is 0 Å². The number of sulfonamides is 1. The van der Waals surface area contributed by atoms with E-state index in [1.54, 1.807) is 12.1 Å². The van der Waals surface area contributed by atoms with Crippen molar-refractivity contribution in [2.45, 2.75) is 63.8 Å². The number of aromatic nitrogens is 2. The molecule has 160 valence electrons. The molecule has 2 amide bonds. The zero-order valence-corrected chi connectivity index (χ0v) is 18.0. The van der Waals surface area contributed by atoms with Gasteiger partial charge >= 0.3 is 6.03 Å². The van der Waals surface area contributed by atoms with Crippen LogP contribution in [0.1, 0.15) is 50.9 Å². The van der Waals surface area contributed by atoms with Crippen LogP contribution < -0.4 is 15.8 Å². The second-order valence-electron chi connectivity index (χ2n) is 6.94. The van der Waals surface area contributed by atoms with Gasteiger partial charge in [0.2, 0.25) is 0 Å². The van der Waals surface area contributed by atoms with Gasteiger partial charge in [0.25, 0.3) is 10.0 Å². The van der Waals surface area contributed by atoms with Crippen LogP contribution in [0.4, 0.5) is 10.6 Å². The molecule has 0 spiro atoms. The second-order valence-corrected chi connectivity index (χ2v) is 8.63. The topological polar surface area (TPSA) is 119 Å². The van der Waals surface area contributed by atoms with E-state index in [9.17, 15) is 13.2 Å². The zero-order valence-electron chi connectivity index (χ0n) is 17.1. The maximum Gasteiger partial charge on any atom is 0.328 e. The molecule has 0 aliphatic carbocycles. The number of anilines is 1. The fraction of sp³-hybridized carbons (Fsp3) is 0.500. The number of carbonyl (C=O) groups is 1. The van der Waals surface area contributed by atoms with Crippen LogP contribution in [-0.4, -0.2) is 30.5 Å². The first kappa shape index (κ1) is 22.7. The van der Waals surface area contributed by atoms with Crippen LogP contribution in [0.25, 0.3) is 0 Å². The molecule has 0 bridgehead atoms. The number of unbranched alkanes of at least 4 members (excludes halogenated alkanes) is 2. The summed E-state index contributed by atoms with van der Waals surface area (Å²) in [6, 6.07) is 5.76. The normalized spacial score (nSPS) is 11.4. The molecular weight excluding hydrogens is 390 g/mol. The molecule has 29 heavy (non-hydrogen) atoms. The Morgan fingerprint density at radius 3 is 2.52 bits per heavy atom. The molecule has 0 aliphatic heterocycles. The van der Waals surface area contributed by atoms with E-state index in [2.05, 4.69) is 21.8 Å². The highest BCUT2D eigenvalue weighted by molar-refractivity contribution is 7.90. The maximum absolute atomic E-state index is 12.2. The fourth-order valence-corrected chi connectivity index (χ4v) is 3.86. The Bertz CT molecular complexity index is 891. The van der Waals surface area contributed by atoms with Gasteiger partial charge in [-0.2, -0.15) is 0 Å². The lowest BCUT2D eigenvalue weighted by atomic mass is 10.2. The summed E-state index contributed by atoms with van der Waals surface area (Å²) in [5.41, 5.74) is 6.82. The van der Waals surface area contributed by atoms with E-state index >= 15 is 0 Å². The minimum absolute atomic E-state index is 0.0714. The molecule has 0 fully saturated rings. The van der Waals surface area contributed by atoms with Crippen molar-refractivity contribution < 1.29 is 13.2 Å². The van der Waals surface area contributed by atoms with E-state index in [0.717, 1.165) is 50.0 Å². The van der Waals surface area contributed by atoms with Crippen LogP contribution in [0.15, 0.2) is 35.4 Å². The molecule has 0 saturated carbocycles. The fourth-order valence-electron chi connectivity index (χ4n) is 2.93. The highest BCUT2D eigenvalue weighted by Crippen LogP contribution is 2.11. The van der Waals surface area contributed by atoms with E-state index in [1.165, 1.54) is 12.1 Å². The van der Waals surface area contributed by atoms with Gasteiger partial charge in [-0.25, -0.2) is 22.9 Å². The van der Waals surface area contributed by atoms with E-state index in [0.29, 0.717) is 18.8 Å². The number of aryl methyl sites for hydroxylation is 3. The summed E-state index contributed by atoms with van der Waals surface area (Å²) in [4.78, 5) is 16.4. The summed E-state index contributed by atoms with van der Waals surface area (Å²) in [6.45, 7) is 5.26.